The van der Waals surface area contributed by atoms with Crippen molar-refractivity contribution in [3.8, 4) is 0 Å². The van der Waals surface area contributed by atoms with Crippen LogP contribution in [0.25, 0.3) is 11.1 Å². The zero-order valence-corrected chi connectivity index (χ0v) is 17.0. The van der Waals surface area contributed by atoms with Gasteiger partial charge in [-0.25, -0.2) is 4.98 Å². The van der Waals surface area contributed by atoms with E-state index < -0.39 is 0 Å². The Bertz CT molecular complexity index is 1020. The Morgan fingerprint density at radius 3 is 2.93 bits per heavy atom. The van der Waals surface area contributed by atoms with Gasteiger partial charge in [0.05, 0.1) is 5.71 Å². The summed E-state index contributed by atoms with van der Waals surface area (Å²) in [6, 6.07) is 6.17. The van der Waals surface area contributed by atoms with Gasteiger partial charge in [0.25, 0.3) is 0 Å². The fourth-order valence-electron chi connectivity index (χ4n) is 3.43. The molecular formula is C24H27N3O. The van der Waals surface area contributed by atoms with E-state index in [1.807, 2.05) is 46.2 Å². The molecule has 144 valence electrons. The third-order valence-corrected chi connectivity index (χ3v) is 4.75. The summed E-state index contributed by atoms with van der Waals surface area (Å²) in [5.41, 5.74) is 7.64. The Morgan fingerprint density at radius 2 is 2.14 bits per heavy atom. The summed E-state index contributed by atoms with van der Waals surface area (Å²) in [7, 11) is 0. The first-order valence-corrected chi connectivity index (χ1v) is 9.94. The number of fused-ring (bicyclic) bond motifs is 2. The number of aliphatic imine (C=N–C) groups is 2. The molecule has 4 nitrogen and oxygen atoms in total. The lowest BCUT2D eigenvalue weighted by Crippen LogP contribution is -2.18. The maximum Gasteiger partial charge on any atom is 0.181 e. The normalized spacial score (nSPS) is 18.5. The minimum Gasteiger partial charge on any atom is -0.443 e. The van der Waals surface area contributed by atoms with E-state index in [9.17, 15) is 0 Å². The Hall–Kier alpha value is -3.01. The molecule has 28 heavy (non-hydrogen) atoms. The third kappa shape index (κ3) is 3.96. The molecule has 0 amide bonds. The van der Waals surface area contributed by atoms with Crippen LogP contribution in [-0.2, 0) is 6.42 Å². The molecule has 0 fully saturated rings. The third-order valence-electron chi connectivity index (χ3n) is 4.75. The molecular weight excluding hydrogens is 346 g/mol. The lowest BCUT2D eigenvalue weighted by atomic mass is 9.83. The van der Waals surface area contributed by atoms with Crippen molar-refractivity contribution in [1.29, 1.82) is 0 Å². The molecule has 2 heterocycles. The van der Waals surface area contributed by atoms with E-state index in [0.717, 1.165) is 35.4 Å². The quantitative estimate of drug-likeness (QED) is 0.614. The average molecular weight is 374 g/mol. The first kappa shape index (κ1) is 19.7. The fraction of sp³-hybridized carbons (Fsp3) is 0.292. The maximum atomic E-state index is 5.43. The number of rotatable bonds is 5. The van der Waals surface area contributed by atoms with Gasteiger partial charge in [-0.2, -0.15) is 0 Å². The predicted octanol–water partition coefficient (Wildman–Crippen LogP) is 5.88. The molecule has 2 aromatic rings. The molecule has 4 rings (SSSR count). The molecule has 1 aromatic carbocycles. The van der Waals surface area contributed by atoms with Crippen molar-refractivity contribution in [3.05, 3.63) is 77.4 Å². The summed E-state index contributed by atoms with van der Waals surface area (Å²) in [6.45, 7) is 8.88. The van der Waals surface area contributed by atoms with E-state index in [1.165, 1.54) is 23.1 Å². The van der Waals surface area contributed by atoms with Crippen molar-refractivity contribution in [1.82, 2.24) is 4.98 Å². The van der Waals surface area contributed by atoms with Gasteiger partial charge in [0.2, 0.25) is 0 Å². The van der Waals surface area contributed by atoms with E-state index in [2.05, 4.69) is 46.4 Å². The van der Waals surface area contributed by atoms with Crippen molar-refractivity contribution in [2.24, 2.45) is 15.9 Å². The zero-order valence-electron chi connectivity index (χ0n) is 17.0. The number of hydrogen-bond donors (Lipinski definition) is 0. The molecule has 1 aliphatic heterocycles. The molecule has 0 saturated carbocycles. The van der Waals surface area contributed by atoms with Crippen LogP contribution in [0.5, 0.6) is 0 Å². The van der Waals surface area contributed by atoms with Crippen LogP contribution in [0.3, 0.4) is 0 Å². The molecule has 0 bridgehead atoms. The highest BCUT2D eigenvalue weighted by Gasteiger charge is 2.28. The smallest absolute Gasteiger partial charge is 0.181 e. The minimum atomic E-state index is 0.207. The van der Waals surface area contributed by atoms with Gasteiger partial charge in [-0.15, -0.1) is 0 Å². The number of benzene rings is 1. The van der Waals surface area contributed by atoms with E-state index >= 15 is 0 Å². The van der Waals surface area contributed by atoms with Crippen molar-refractivity contribution < 1.29 is 4.42 Å². The number of nitrogens with zero attached hydrogens (tertiary/aromatic N) is 3. The molecule has 0 N–H and O–H groups in total. The molecule has 0 spiro atoms. The van der Waals surface area contributed by atoms with Gasteiger partial charge in [-0.3, -0.25) is 9.98 Å². The maximum absolute atomic E-state index is 5.43. The summed E-state index contributed by atoms with van der Waals surface area (Å²) in [5, 5.41) is 0. The van der Waals surface area contributed by atoms with Crippen molar-refractivity contribution >= 4 is 23.0 Å². The van der Waals surface area contributed by atoms with Crippen LogP contribution >= 0.6 is 0 Å². The van der Waals surface area contributed by atoms with E-state index in [0.29, 0.717) is 0 Å². The second-order valence-corrected chi connectivity index (χ2v) is 6.36. The number of aromatic nitrogens is 1. The van der Waals surface area contributed by atoms with E-state index in [4.69, 9.17) is 9.41 Å². The fourth-order valence-corrected chi connectivity index (χ4v) is 3.43. The van der Waals surface area contributed by atoms with Gasteiger partial charge in [-0.05, 0) is 54.7 Å². The van der Waals surface area contributed by atoms with E-state index in [1.54, 1.807) is 0 Å². The van der Waals surface area contributed by atoms with Gasteiger partial charge < -0.3 is 4.42 Å². The van der Waals surface area contributed by atoms with E-state index in [-0.39, 0.29) is 5.92 Å². The lowest BCUT2D eigenvalue weighted by Gasteiger charge is -2.20. The second kappa shape index (κ2) is 9.27. The topological polar surface area (TPSA) is 50.8 Å². The van der Waals surface area contributed by atoms with Crippen LogP contribution in [-0.4, -0.2) is 23.5 Å². The summed E-state index contributed by atoms with van der Waals surface area (Å²) >= 11 is 0. The number of allylic oxidation sites excluding steroid dienone is 7. The lowest BCUT2D eigenvalue weighted by molar-refractivity contribution is 0.602. The minimum absolute atomic E-state index is 0.207. The first-order chi connectivity index (χ1) is 13.8. The Labute approximate surface area is 166 Å². The Kier molecular flexibility index (Phi) is 6.53. The monoisotopic (exact) mass is 373 g/mol. The summed E-state index contributed by atoms with van der Waals surface area (Å²) < 4.78 is 5.43. The Morgan fingerprint density at radius 1 is 1.29 bits per heavy atom. The Balaban J connectivity index is 0.00000109. The molecule has 1 aliphatic carbocycles. The predicted molar refractivity (Wildman–Crippen MR) is 118 cm³/mol. The SMILES string of the molecule is C/C=C(\C=NCC)C1=CN=C2C(Cc3ccc4ncoc4c3)=CC=CC12.CC. The highest BCUT2D eigenvalue weighted by atomic mass is 16.3. The van der Waals surface area contributed by atoms with Gasteiger partial charge in [0, 0.05) is 24.9 Å². The van der Waals surface area contributed by atoms with Crippen molar-refractivity contribution in [2.75, 3.05) is 6.54 Å². The summed E-state index contributed by atoms with van der Waals surface area (Å²) in [5.74, 6) is 0.207. The number of oxazole rings is 1. The van der Waals surface area contributed by atoms with Crippen LogP contribution in [0, 0.1) is 5.92 Å². The van der Waals surface area contributed by atoms with Crippen LogP contribution < -0.4 is 0 Å². The van der Waals surface area contributed by atoms with Crippen LogP contribution in [0.1, 0.15) is 33.3 Å². The number of hydrogen-bond acceptors (Lipinski definition) is 4. The van der Waals surface area contributed by atoms with Gasteiger partial charge in [0.1, 0.15) is 5.52 Å². The molecule has 1 atom stereocenters. The molecule has 1 unspecified atom stereocenters. The average Bonchev–Trinajstić information content (AvgIpc) is 3.38. The molecule has 4 heteroatoms. The summed E-state index contributed by atoms with van der Waals surface area (Å²) in [6.07, 6.45) is 14.9. The van der Waals surface area contributed by atoms with Crippen LogP contribution in [0.15, 0.2) is 86.2 Å². The molecule has 2 aliphatic rings. The van der Waals surface area contributed by atoms with Crippen LogP contribution in [0.2, 0.25) is 0 Å². The first-order valence-electron chi connectivity index (χ1n) is 9.94. The molecule has 0 radical (unpaired) electrons. The highest BCUT2D eigenvalue weighted by Crippen LogP contribution is 2.33. The largest absolute Gasteiger partial charge is 0.443 e. The van der Waals surface area contributed by atoms with Crippen molar-refractivity contribution in [3.63, 3.8) is 0 Å². The highest BCUT2D eigenvalue weighted by molar-refractivity contribution is 6.09. The molecule has 0 saturated heterocycles. The van der Waals surface area contributed by atoms with Gasteiger partial charge >= 0.3 is 0 Å². The zero-order chi connectivity index (χ0) is 19.9. The second-order valence-electron chi connectivity index (χ2n) is 6.36. The summed E-state index contributed by atoms with van der Waals surface area (Å²) in [4.78, 5) is 13.3. The van der Waals surface area contributed by atoms with Gasteiger partial charge in [0.15, 0.2) is 12.0 Å². The van der Waals surface area contributed by atoms with Crippen molar-refractivity contribution in [2.45, 2.75) is 34.1 Å². The molecule has 1 aromatic heterocycles. The standard InChI is InChI=1S/C22H21N3O.C2H6/c1-3-16(12-23-4-2)19-13-24-22-17(6-5-7-18(19)22)10-15-8-9-20-21(11-15)26-14-25-20;1-2/h3,5-9,11-14,18H,4,10H2,1-2H3;1-2H3/b16-3+,23-12?;. The van der Waals surface area contributed by atoms with Crippen LogP contribution in [0.4, 0.5) is 0 Å². The van der Waals surface area contributed by atoms with Gasteiger partial charge in [-0.1, -0.05) is 44.2 Å².